The zero-order chi connectivity index (χ0) is 19.7. The fourth-order valence-electron chi connectivity index (χ4n) is 2.73. The number of rotatable bonds is 8. The Hall–Kier alpha value is -3.93. The van der Waals surface area contributed by atoms with E-state index in [0.29, 0.717) is 24.9 Å². The number of hydrogen-bond donors (Lipinski definition) is 2. The Balaban J connectivity index is 1.33. The van der Waals surface area contributed by atoms with Crippen molar-refractivity contribution in [1.29, 1.82) is 0 Å². The molecule has 0 aliphatic carbocycles. The fourth-order valence-corrected chi connectivity index (χ4v) is 2.73. The molecule has 0 amide bonds. The van der Waals surface area contributed by atoms with Crippen LogP contribution in [0.25, 0.3) is 0 Å². The molecular weight excluding hydrogens is 362 g/mol. The second-order valence-electron chi connectivity index (χ2n) is 6.43. The lowest BCUT2D eigenvalue weighted by Crippen LogP contribution is -2.05. The van der Waals surface area contributed by atoms with Crippen molar-refractivity contribution in [2.24, 2.45) is 0 Å². The van der Waals surface area contributed by atoms with E-state index in [-0.39, 0.29) is 0 Å². The van der Waals surface area contributed by atoms with Gasteiger partial charge >= 0.3 is 0 Å². The first kappa shape index (κ1) is 18.4. The summed E-state index contributed by atoms with van der Waals surface area (Å²) in [7, 11) is 0. The van der Waals surface area contributed by atoms with Gasteiger partial charge in [0.1, 0.15) is 12.4 Å². The van der Waals surface area contributed by atoms with Gasteiger partial charge in [-0.2, -0.15) is 10.1 Å². The number of nitrogens with one attached hydrogen (secondary N) is 2. The third-order valence-electron chi connectivity index (χ3n) is 4.23. The van der Waals surface area contributed by atoms with Crippen molar-refractivity contribution in [3.8, 4) is 5.75 Å². The average molecular weight is 383 g/mol. The smallest absolute Gasteiger partial charge is 0.249 e. The predicted octanol–water partition coefficient (Wildman–Crippen LogP) is 4.81. The summed E-state index contributed by atoms with van der Waals surface area (Å²) in [6, 6.07) is 27.9. The Morgan fingerprint density at radius 2 is 1.45 bits per heavy atom. The monoisotopic (exact) mass is 383 g/mol. The SMILES string of the molecule is c1ccc(CNc2cnnc(Nc3ccc(OCc4ccccc4)cc3)n2)cc1. The lowest BCUT2D eigenvalue weighted by atomic mass is 10.2. The van der Waals surface area contributed by atoms with E-state index in [2.05, 4.69) is 37.9 Å². The van der Waals surface area contributed by atoms with Crippen molar-refractivity contribution in [3.63, 3.8) is 0 Å². The van der Waals surface area contributed by atoms with Gasteiger partial charge in [-0.25, -0.2) is 0 Å². The summed E-state index contributed by atoms with van der Waals surface area (Å²) in [6.07, 6.45) is 1.61. The van der Waals surface area contributed by atoms with E-state index in [0.717, 1.165) is 17.0 Å². The third kappa shape index (κ3) is 5.52. The second kappa shape index (κ2) is 9.32. The summed E-state index contributed by atoms with van der Waals surface area (Å²) in [5.41, 5.74) is 3.17. The number of nitrogens with zero attached hydrogens (tertiary/aromatic N) is 3. The van der Waals surface area contributed by atoms with Crippen molar-refractivity contribution in [2.45, 2.75) is 13.2 Å². The standard InChI is InChI=1S/C23H21N5O/c1-3-7-18(8-4-1)15-24-22-16-25-28-23(27-22)26-20-11-13-21(14-12-20)29-17-19-9-5-2-6-10-19/h1-14,16H,15,17H2,(H2,24,26,27,28). The molecule has 0 fully saturated rings. The van der Waals surface area contributed by atoms with Crippen molar-refractivity contribution < 1.29 is 4.74 Å². The molecule has 0 saturated heterocycles. The van der Waals surface area contributed by atoms with Crippen molar-refractivity contribution in [2.75, 3.05) is 10.6 Å². The van der Waals surface area contributed by atoms with Crippen LogP contribution in [0.15, 0.2) is 91.1 Å². The quantitative estimate of drug-likeness (QED) is 0.455. The van der Waals surface area contributed by atoms with Crippen molar-refractivity contribution >= 4 is 17.5 Å². The Bertz CT molecular complexity index is 1020. The molecule has 4 aromatic rings. The van der Waals surface area contributed by atoms with E-state index < -0.39 is 0 Å². The van der Waals surface area contributed by atoms with Gasteiger partial charge in [-0.1, -0.05) is 60.7 Å². The molecule has 2 N–H and O–H groups in total. The molecule has 4 rings (SSSR count). The molecular formula is C23H21N5O. The first-order chi connectivity index (χ1) is 14.3. The minimum Gasteiger partial charge on any atom is -0.489 e. The number of aromatic nitrogens is 3. The van der Waals surface area contributed by atoms with E-state index in [1.807, 2.05) is 72.8 Å². The normalized spacial score (nSPS) is 10.3. The maximum absolute atomic E-state index is 5.81. The predicted molar refractivity (Wildman–Crippen MR) is 114 cm³/mol. The van der Waals surface area contributed by atoms with Crippen LogP contribution in [0, 0.1) is 0 Å². The molecule has 6 nitrogen and oxygen atoms in total. The molecule has 3 aromatic carbocycles. The molecule has 0 spiro atoms. The number of benzene rings is 3. The number of anilines is 3. The van der Waals surface area contributed by atoms with Crippen LogP contribution in [0.4, 0.5) is 17.5 Å². The second-order valence-corrected chi connectivity index (χ2v) is 6.43. The first-order valence-corrected chi connectivity index (χ1v) is 9.36. The van der Waals surface area contributed by atoms with Crippen LogP contribution < -0.4 is 15.4 Å². The van der Waals surface area contributed by atoms with Gasteiger partial charge in [0.15, 0.2) is 5.82 Å². The molecule has 0 bridgehead atoms. The van der Waals surface area contributed by atoms with Crippen LogP contribution in [0.3, 0.4) is 0 Å². The Labute approximate surface area is 169 Å². The maximum atomic E-state index is 5.81. The molecule has 29 heavy (non-hydrogen) atoms. The van der Waals surface area contributed by atoms with Gasteiger partial charge in [-0.15, -0.1) is 5.10 Å². The summed E-state index contributed by atoms with van der Waals surface area (Å²) in [5, 5.41) is 14.5. The highest BCUT2D eigenvalue weighted by Gasteiger charge is 2.03. The van der Waals surface area contributed by atoms with Gasteiger partial charge in [-0.05, 0) is 35.4 Å². The largest absolute Gasteiger partial charge is 0.489 e. The molecule has 0 saturated carbocycles. The summed E-state index contributed by atoms with van der Waals surface area (Å²) < 4.78 is 5.81. The zero-order valence-corrected chi connectivity index (χ0v) is 15.8. The Kier molecular flexibility index (Phi) is 5.93. The summed E-state index contributed by atoms with van der Waals surface area (Å²) in [4.78, 5) is 4.45. The van der Waals surface area contributed by atoms with E-state index in [1.54, 1.807) is 6.20 Å². The summed E-state index contributed by atoms with van der Waals surface area (Å²) in [6.45, 7) is 1.21. The molecule has 0 radical (unpaired) electrons. The highest BCUT2D eigenvalue weighted by Crippen LogP contribution is 2.19. The molecule has 1 aromatic heterocycles. The van der Waals surface area contributed by atoms with Crippen LogP contribution in [-0.2, 0) is 13.2 Å². The lowest BCUT2D eigenvalue weighted by Gasteiger charge is -2.09. The van der Waals surface area contributed by atoms with Gasteiger partial charge in [0.25, 0.3) is 0 Å². The van der Waals surface area contributed by atoms with Crippen LogP contribution >= 0.6 is 0 Å². The zero-order valence-electron chi connectivity index (χ0n) is 15.8. The van der Waals surface area contributed by atoms with Gasteiger partial charge in [0.05, 0.1) is 6.20 Å². The summed E-state index contributed by atoms with van der Waals surface area (Å²) >= 11 is 0. The average Bonchev–Trinajstić information content (AvgIpc) is 2.79. The third-order valence-corrected chi connectivity index (χ3v) is 4.23. The van der Waals surface area contributed by atoms with Crippen LogP contribution in [-0.4, -0.2) is 15.2 Å². The number of ether oxygens (including phenoxy) is 1. The van der Waals surface area contributed by atoms with E-state index >= 15 is 0 Å². The van der Waals surface area contributed by atoms with Crippen LogP contribution in [0.5, 0.6) is 5.75 Å². The Morgan fingerprint density at radius 1 is 0.759 bits per heavy atom. The first-order valence-electron chi connectivity index (χ1n) is 9.36. The van der Waals surface area contributed by atoms with Crippen molar-refractivity contribution in [1.82, 2.24) is 15.2 Å². The summed E-state index contributed by atoms with van der Waals surface area (Å²) in [5.74, 6) is 1.90. The fraction of sp³-hybridized carbons (Fsp3) is 0.0870. The van der Waals surface area contributed by atoms with E-state index in [9.17, 15) is 0 Å². The minimum absolute atomic E-state index is 0.431. The van der Waals surface area contributed by atoms with Crippen LogP contribution in [0.2, 0.25) is 0 Å². The highest BCUT2D eigenvalue weighted by molar-refractivity contribution is 5.55. The Morgan fingerprint density at radius 3 is 2.17 bits per heavy atom. The molecule has 0 unspecified atom stereocenters. The molecule has 144 valence electrons. The van der Waals surface area contributed by atoms with Gasteiger partial charge in [0.2, 0.25) is 5.95 Å². The molecule has 0 aliphatic rings. The van der Waals surface area contributed by atoms with Gasteiger partial charge in [-0.3, -0.25) is 0 Å². The minimum atomic E-state index is 0.431. The maximum Gasteiger partial charge on any atom is 0.249 e. The topological polar surface area (TPSA) is 72.0 Å². The van der Waals surface area contributed by atoms with Gasteiger partial charge in [0, 0.05) is 12.2 Å². The number of hydrogen-bond acceptors (Lipinski definition) is 6. The molecule has 6 heteroatoms. The highest BCUT2D eigenvalue weighted by atomic mass is 16.5. The molecule has 1 heterocycles. The van der Waals surface area contributed by atoms with Gasteiger partial charge < -0.3 is 15.4 Å². The lowest BCUT2D eigenvalue weighted by molar-refractivity contribution is 0.306. The van der Waals surface area contributed by atoms with Crippen molar-refractivity contribution in [3.05, 3.63) is 102 Å². The molecule has 0 atom stereocenters. The van der Waals surface area contributed by atoms with E-state index in [1.165, 1.54) is 5.56 Å². The molecule has 0 aliphatic heterocycles. The van der Waals surface area contributed by atoms with Crippen LogP contribution in [0.1, 0.15) is 11.1 Å². The van der Waals surface area contributed by atoms with E-state index in [4.69, 9.17) is 4.74 Å².